The van der Waals surface area contributed by atoms with E-state index in [1.54, 1.807) is 6.29 Å². The van der Waals surface area contributed by atoms with Crippen LogP contribution < -0.4 is 5.32 Å². The molecule has 3 unspecified atom stereocenters. The maximum Gasteiger partial charge on any atom is 0.411 e. The molecule has 0 spiro atoms. The van der Waals surface area contributed by atoms with E-state index in [9.17, 15) is 43.7 Å². The van der Waals surface area contributed by atoms with Gasteiger partial charge in [0.2, 0.25) is 12.1 Å². The number of nitro groups is 1. The van der Waals surface area contributed by atoms with Gasteiger partial charge in [-0.1, -0.05) is 42.5 Å². The van der Waals surface area contributed by atoms with Crippen LogP contribution in [0, 0.1) is 16.2 Å². The summed E-state index contributed by atoms with van der Waals surface area (Å²) in [6.07, 6.45) is -3.15. The molecule has 1 aliphatic heterocycles. The molecule has 2 radical (unpaired) electrons. The first kappa shape index (κ1) is 42.7. The van der Waals surface area contributed by atoms with E-state index in [2.05, 4.69) is 5.32 Å². The van der Waals surface area contributed by atoms with Gasteiger partial charge in [-0.15, -0.1) is 0 Å². The van der Waals surface area contributed by atoms with Gasteiger partial charge in [-0.2, -0.15) is 0 Å². The first-order valence-corrected chi connectivity index (χ1v) is 16.8. The quantitative estimate of drug-likeness (QED) is 0.115. The number of rotatable bonds is 15. The van der Waals surface area contributed by atoms with Crippen molar-refractivity contribution in [3.05, 3.63) is 98.8 Å². The molecule has 19 nitrogen and oxygen atoms in total. The van der Waals surface area contributed by atoms with Crippen molar-refractivity contribution in [3.63, 3.8) is 0 Å². The van der Waals surface area contributed by atoms with E-state index < -0.39 is 96.6 Å². The zero-order valence-corrected chi connectivity index (χ0v) is 30.7. The van der Waals surface area contributed by atoms with Crippen LogP contribution in [0.25, 0.3) is 0 Å². The monoisotopic (exact) mass is 782 g/mol. The Hall–Kier alpha value is -6.05. The number of benzene rings is 1. The SMILES string of the molecule is COC1C=C([C]=O)C(NC(=O)OCC2=CC=C(C3O[C@H](COC(C)=O)[C@H](OC(C)=O)[C@H](OC(C)=O)[C@H]3OC(C)=O)C([N+](=O)[O-])C2=O)=C[C]1OCc1ccccc1. The third-order valence-electron chi connectivity index (χ3n) is 8.27. The van der Waals surface area contributed by atoms with Gasteiger partial charge in [0.05, 0.1) is 12.3 Å². The number of alkyl carbamates (subject to hydrolysis) is 1. The number of allylic oxidation sites excluding steroid dienone is 3. The second kappa shape index (κ2) is 19.5. The number of esters is 4. The van der Waals surface area contributed by atoms with Crippen LogP contribution in [-0.2, 0) is 73.3 Å². The lowest BCUT2D eigenvalue weighted by molar-refractivity contribution is -0.499. The molecule has 3 aliphatic rings. The summed E-state index contributed by atoms with van der Waals surface area (Å²) >= 11 is 0. The van der Waals surface area contributed by atoms with Gasteiger partial charge in [0.25, 0.3) is 6.04 Å². The van der Waals surface area contributed by atoms with Gasteiger partial charge in [-0.3, -0.25) is 44.2 Å². The summed E-state index contributed by atoms with van der Waals surface area (Å²) in [4.78, 5) is 98.1. The summed E-state index contributed by atoms with van der Waals surface area (Å²) in [6.45, 7) is 2.83. The Balaban J connectivity index is 1.60. The number of carbonyl (C=O) groups is 6. The van der Waals surface area contributed by atoms with Gasteiger partial charge in [0, 0.05) is 56.4 Å². The molecule has 2 aliphatic carbocycles. The molecule has 7 atom stereocenters. The molecule has 1 aromatic rings. The Morgan fingerprint density at radius 1 is 0.875 bits per heavy atom. The number of nitrogens with zero attached hydrogens (tertiary/aromatic N) is 1. The molecule has 298 valence electrons. The van der Waals surface area contributed by atoms with Gasteiger partial charge < -0.3 is 37.9 Å². The number of methoxy groups -OCH3 is 1. The van der Waals surface area contributed by atoms with Crippen molar-refractivity contribution in [2.24, 2.45) is 0 Å². The van der Waals surface area contributed by atoms with Gasteiger partial charge in [0.1, 0.15) is 31.5 Å². The fourth-order valence-corrected chi connectivity index (χ4v) is 5.94. The number of ketones is 1. The third-order valence-corrected chi connectivity index (χ3v) is 8.27. The largest absolute Gasteiger partial charge is 0.463 e. The highest BCUT2D eigenvalue weighted by Crippen LogP contribution is 2.36. The Morgan fingerprint density at radius 3 is 2.11 bits per heavy atom. The lowest BCUT2D eigenvalue weighted by atomic mass is 9.83. The highest BCUT2D eigenvalue weighted by molar-refractivity contribution is 6.02. The van der Waals surface area contributed by atoms with Crippen molar-refractivity contribution >= 4 is 42.0 Å². The third kappa shape index (κ3) is 11.0. The van der Waals surface area contributed by atoms with Crippen LogP contribution >= 0.6 is 0 Å². The number of nitrogens with one attached hydrogen (secondary N) is 1. The Morgan fingerprint density at radius 2 is 1.52 bits per heavy atom. The summed E-state index contributed by atoms with van der Waals surface area (Å²) in [5, 5.41) is 14.9. The minimum Gasteiger partial charge on any atom is -0.463 e. The molecular weight excluding hydrogens is 744 g/mol. The maximum atomic E-state index is 13.7. The Labute approximate surface area is 319 Å². The van der Waals surface area contributed by atoms with Crippen molar-refractivity contribution in [1.29, 1.82) is 0 Å². The summed E-state index contributed by atoms with van der Waals surface area (Å²) in [5.74, 6) is -4.71. The van der Waals surface area contributed by atoms with Crippen molar-refractivity contribution in [2.75, 3.05) is 20.3 Å². The van der Waals surface area contributed by atoms with Gasteiger partial charge in [0.15, 0.2) is 24.4 Å². The molecule has 1 fully saturated rings. The minimum atomic E-state index is -2.22. The number of Topliss-reactive ketones (excluding diaryl/α,β-unsaturated/α-hetero) is 1. The highest BCUT2D eigenvalue weighted by atomic mass is 16.7. The predicted molar refractivity (Wildman–Crippen MR) is 186 cm³/mol. The van der Waals surface area contributed by atoms with E-state index in [-0.39, 0.29) is 35.1 Å². The number of hydrogen-bond acceptors (Lipinski definition) is 17. The van der Waals surface area contributed by atoms with Crippen LogP contribution in [0.2, 0.25) is 0 Å². The zero-order valence-electron chi connectivity index (χ0n) is 30.7. The average molecular weight is 783 g/mol. The lowest BCUT2D eigenvalue weighted by Crippen LogP contribution is -2.64. The van der Waals surface area contributed by atoms with E-state index >= 15 is 0 Å². The Kier molecular flexibility index (Phi) is 14.9. The van der Waals surface area contributed by atoms with Crippen LogP contribution in [0.4, 0.5) is 4.79 Å². The molecular formula is C37H38N2O17. The van der Waals surface area contributed by atoms with Crippen molar-refractivity contribution in [2.45, 2.75) is 77.0 Å². The first-order chi connectivity index (χ1) is 26.6. The minimum absolute atomic E-state index is 0.0701. The molecule has 19 heteroatoms. The molecule has 56 heavy (non-hydrogen) atoms. The molecule has 1 N–H and O–H groups in total. The molecule has 0 bridgehead atoms. The standard InChI is InChI=1S/C37H38N2O17/c1-19(41)50-18-30-34(53-20(2)42)36(55-22(4)44)35(54-21(3)43)33(56-30)26-12-11-24(32(45)31(26)39(47)48)17-52-37(46)38-27-14-29(28(49-5)13-25(27)15-40)51-16-23-9-7-6-8-10-23/h6-14,28,30-31,33-36H,16-18H2,1-5H3,(H,38,46)/t28?,30-,31?,33?,34+,35+,36+/m1/s1. The molecule has 4 rings (SSSR count). The highest BCUT2D eigenvalue weighted by Gasteiger charge is 2.56. The van der Waals surface area contributed by atoms with Crippen molar-refractivity contribution in [3.8, 4) is 0 Å². The van der Waals surface area contributed by atoms with E-state index in [0.29, 0.717) is 0 Å². The summed E-state index contributed by atoms with van der Waals surface area (Å²) in [5.41, 5.74) is -0.0669. The topological polar surface area (TPSA) is 248 Å². The first-order valence-electron chi connectivity index (χ1n) is 16.8. The second-order valence-electron chi connectivity index (χ2n) is 12.3. The predicted octanol–water partition coefficient (Wildman–Crippen LogP) is 1.62. The zero-order chi connectivity index (χ0) is 41.1. The molecule has 1 heterocycles. The maximum absolute atomic E-state index is 13.7. The van der Waals surface area contributed by atoms with Crippen LogP contribution in [0.15, 0.2) is 77.1 Å². The number of carbonyl (C=O) groups excluding carboxylic acids is 7. The van der Waals surface area contributed by atoms with Crippen LogP contribution in [-0.4, -0.2) is 110 Å². The molecule has 1 aromatic carbocycles. The number of ether oxygens (including phenoxy) is 8. The van der Waals surface area contributed by atoms with Gasteiger partial charge >= 0.3 is 30.0 Å². The smallest absolute Gasteiger partial charge is 0.411 e. The molecule has 1 amide bonds. The lowest BCUT2D eigenvalue weighted by Gasteiger charge is -2.45. The van der Waals surface area contributed by atoms with Crippen LogP contribution in [0.5, 0.6) is 0 Å². The average Bonchev–Trinajstić information content (AvgIpc) is 3.13. The van der Waals surface area contributed by atoms with Crippen LogP contribution in [0.1, 0.15) is 33.3 Å². The van der Waals surface area contributed by atoms with Crippen molar-refractivity contribution in [1.82, 2.24) is 5.32 Å². The van der Waals surface area contributed by atoms with E-state index in [4.69, 9.17) is 37.9 Å². The molecule has 0 aromatic heterocycles. The number of amides is 1. The van der Waals surface area contributed by atoms with Crippen molar-refractivity contribution < 1.29 is 76.4 Å². The van der Waals surface area contributed by atoms with Gasteiger partial charge in [-0.25, -0.2) is 4.79 Å². The summed E-state index contributed by atoms with van der Waals surface area (Å²) in [7, 11) is 1.39. The fraction of sp³-hybridized carbons (Fsp3) is 0.405. The summed E-state index contributed by atoms with van der Waals surface area (Å²) < 4.78 is 43.6. The summed E-state index contributed by atoms with van der Waals surface area (Å²) in [6, 6.07) is 6.93. The second-order valence-corrected chi connectivity index (χ2v) is 12.3. The van der Waals surface area contributed by atoms with Crippen LogP contribution in [0.3, 0.4) is 0 Å². The fourth-order valence-electron chi connectivity index (χ4n) is 5.94. The molecule has 1 saturated heterocycles. The molecule has 0 saturated carbocycles. The van der Waals surface area contributed by atoms with E-state index in [1.165, 1.54) is 19.3 Å². The number of hydrogen-bond donors (Lipinski definition) is 1. The Bertz CT molecular complexity index is 1830. The van der Waals surface area contributed by atoms with E-state index in [1.807, 2.05) is 30.3 Å². The van der Waals surface area contributed by atoms with Gasteiger partial charge in [-0.05, 0) is 17.7 Å². The normalized spacial score (nSPS) is 24.9. The van der Waals surface area contributed by atoms with E-state index in [0.717, 1.165) is 45.4 Å².